The summed E-state index contributed by atoms with van der Waals surface area (Å²) >= 11 is 0. The number of anilines is 2. The molecule has 0 saturated heterocycles. The van der Waals surface area contributed by atoms with Crippen molar-refractivity contribution in [2.24, 2.45) is 11.8 Å². The van der Waals surface area contributed by atoms with Gasteiger partial charge in [-0.2, -0.15) is 0 Å². The molecule has 27 heavy (non-hydrogen) atoms. The zero-order chi connectivity index (χ0) is 20.0. The van der Waals surface area contributed by atoms with Crippen molar-refractivity contribution in [3.8, 4) is 0 Å². The monoisotopic (exact) mass is 373 g/mol. The van der Waals surface area contributed by atoms with E-state index in [2.05, 4.69) is 24.1 Å². The lowest BCUT2D eigenvalue weighted by Gasteiger charge is -2.27. The molecule has 0 atom stereocenters. The average molecular weight is 374 g/mol. The number of hydrogen-bond donors (Lipinski definition) is 1. The first kappa shape index (κ1) is 21.3. The van der Waals surface area contributed by atoms with Crippen LogP contribution in [0, 0.1) is 11.8 Å². The zero-order valence-corrected chi connectivity index (χ0v) is 17.5. The Morgan fingerprint density at radius 1 is 1.19 bits per heavy atom. The van der Waals surface area contributed by atoms with Crippen LogP contribution in [-0.2, 0) is 16.1 Å². The number of carbonyl (C=O) groups is 2. The summed E-state index contributed by atoms with van der Waals surface area (Å²) < 4.78 is 0. The van der Waals surface area contributed by atoms with E-state index in [9.17, 15) is 9.59 Å². The number of rotatable bonds is 8. The van der Waals surface area contributed by atoms with Crippen LogP contribution in [0.25, 0.3) is 0 Å². The maximum Gasteiger partial charge on any atom is 0.227 e. The first-order valence-corrected chi connectivity index (χ1v) is 10.2. The normalized spacial score (nSPS) is 14.4. The Bertz CT molecular complexity index is 649. The number of nitrogens with zero attached hydrogens (tertiary/aromatic N) is 2. The van der Waals surface area contributed by atoms with Gasteiger partial charge >= 0.3 is 0 Å². The first-order valence-electron chi connectivity index (χ1n) is 10.2. The maximum atomic E-state index is 12.5. The van der Waals surface area contributed by atoms with Gasteiger partial charge in [-0.05, 0) is 42.5 Å². The highest BCUT2D eigenvalue weighted by molar-refractivity contribution is 5.93. The van der Waals surface area contributed by atoms with Gasteiger partial charge in [-0.1, -0.05) is 33.6 Å². The van der Waals surface area contributed by atoms with Crippen LogP contribution in [-0.4, -0.2) is 37.4 Å². The van der Waals surface area contributed by atoms with Crippen LogP contribution in [0.15, 0.2) is 18.2 Å². The van der Waals surface area contributed by atoms with E-state index in [0.29, 0.717) is 18.9 Å². The van der Waals surface area contributed by atoms with Crippen LogP contribution in [0.3, 0.4) is 0 Å². The number of amides is 2. The lowest BCUT2D eigenvalue weighted by atomic mass is 10.1. The fourth-order valence-corrected chi connectivity index (χ4v) is 3.78. The third-order valence-electron chi connectivity index (χ3n) is 5.16. The van der Waals surface area contributed by atoms with Crippen LogP contribution >= 0.6 is 0 Å². The van der Waals surface area contributed by atoms with E-state index in [4.69, 9.17) is 0 Å². The van der Waals surface area contributed by atoms with Crippen LogP contribution in [0.5, 0.6) is 0 Å². The lowest BCUT2D eigenvalue weighted by Crippen LogP contribution is -2.33. The molecule has 0 aliphatic heterocycles. The zero-order valence-electron chi connectivity index (χ0n) is 17.5. The summed E-state index contributed by atoms with van der Waals surface area (Å²) in [5.74, 6) is 0.836. The van der Waals surface area contributed by atoms with Crippen molar-refractivity contribution < 1.29 is 9.59 Å². The molecule has 0 aromatic heterocycles. The molecule has 2 amide bonds. The van der Waals surface area contributed by atoms with Gasteiger partial charge in [0.05, 0.1) is 0 Å². The molecule has 5 nitrogen and oxygen atoms in total. The van der Waals surface area contributed by atoms with E-state index in [-0.39, 0.29) is 17.7 Å². The van der Waals surface area contributed by atoms with E-state index in [1.165, 1.54) is 0 Å². The smallest absolute Gasteiger partial charge is 0.227 e. The minimum absolute atomic E-state index is 0.125. The van der Waals surface area contributed by atoms with E-state index < -0.39 is 0 Å². The molecule has 150 valence electrons. The van der Waals surface area contributed by atoms with Crippen molar-refractivity contribution in [1.82, 2.24) is 4.90 Å². The molecule has 0 heterocycles. The minimum atomic E-state index is 0.125. The number of nitrogens with one attached hydrogen (secondary N) is 1. The van der Waals surface area contributed by atoms with Gasteiger partial charge < -0.3 is 15.1 Å². The number of carbonyl (C=O) groups excluding carboxylic acids is 2. The molecule has 1 saturated carbocycles. The van der Waals surface area contributed by atoms with Crippen molar-refractivity contribution in [3.05, 3.63) is 23.8 Å². The van der Waals surface area contributed by atoms with Gasteiger partial charge in [0.25, 0.3) is 0 Å². The number of hydrogen-bond acceptors (Lipinski definition) is 3. The predicted molar refractivity (Wildman–Crippen MR) is 112 cm³/mol. The molecule has 1 aromatic rings. The molecule has 2 rings (SSSR count). The second-order valence-corrected chi connectivity index (χ2v) is 8.23. The van der Waals surface area contributed by atoms with Crippen molar-refractivity contribution in [1.29, 1.82) is 0 Å². The highest BCUT2D eigenvalue weighted by Crippen LogP contribution is 2.28. The summed E-state index contributed by atoms with van der Waals surface area (Å²) in [5, 5.41) is 3.09. The van der Waals surface area contributed by atoms with E-state index in [1.54, 1.807) is 0 Å². The lowest BCUT2D eigenvalue weighted by molar-refractivity contribution is -0.132. The van der Waals surface area contributed by atoms with Crippen LogP contribution in [0.4, 0.5) is 11.4 Å². The first-order chi connectivity index (χ1) is 12.8. The fraction of sp³-hybridized carbons (Fsp3) is 0.636. The van der Waals surface area contributed by atoms with Crippen molar-refractivity contribution in [2.75, 3.05) is 30.9 Å². The van der Waals surface area contributed by atoms with Gasteiger partial charge in [-0.3, -0.25) is 9.59 Å². The molecule has 0 unspecified atom stereocenters. The minimum Gasteiger partial charge on any atom is -0.377 e. The second kappa shape index (κ2) is 9.77. The molecule has 1 aromatic carbocycles. The SMILES string of the molecule is CCC(=O)N(Cc1cc(NC(=O)C2CCCC2)ccc1N(C)C)CC(C)C. The van der Waals surface area contributed by atoms with Crippen molar-refractivity contribution >= 4 is 23.2 Å². The summed E-state index contributed by atoms with van der Waals surface area (Å²) in [5.41, 5.74) is 2.96. The Morgan fingerprint density at radius 2 is 1.85 bits per heavy atom. The Balaban J connectivity index is 2.22. The molecule has 0 spiro atoms. The Labute approximate surface area is 164 Å². The molecule has 0 bridgehead atoms. The molecule has 1 aliphatic carbocycles. The second-order valence-electron chi connectivity index (χ2n) is 8.23. The Hall–Kier alpha value is -2.04. The topological polar surface area (TPSA) is 52.7 Å². The van der Waals surface area contributed by atoms with Gasteiger partial charge in [0.1, 0.15) is 0 Å². The fourth-order valence-electron chi connectivity index (χ4n) is 3.78. The summed E-state index contributed by atoms with van der Waals surface area (Å²) in [6.45, 7) is 7.45. The van der Waals surface area contributed by atoms with Gasteiger partial charge in [-0.15, -0.1) is 0 Å². The van der Waals surface area contributed by atoms with E-state index in [0.717, 1.165) is 49.2 Å². The largest absolute Gasteiger partial charge is 0.377 e. The average Bonchev–Trinajstić information content (AvgIpc) is 3.14. The standard InChI is InChI=1S/C22H35N3O2/c1-6-21(26)25(14-16(2)3)15-18-13-19(11-12-20(18)24(4)5)23-22(27)17-9-7-8-10-17/h11-13,16-17H,6-10,14-15H2,1-5H3,(H,23,27). The van der Waals surface area contributed by atoms with Crippen LogP contribution in [0.1, 0.15) is 58.4 Å². The van der Waals surface area contributed by atoms with Gasteiger partial charge in [0.2, 0.25) is 11.8 Å². The molecule has 1 N–H and O–H groups in total. The molecular formula is C22H35N3O2. The molecular weight excluding hydrogens is 338 g/mol. The predicted octanol–water partition coefficient (Wildman–Crippen LogP) is 4.28. The van der Waals surface area contributed by atoms with Gasteiger partial charge in [-0.25, -0.2) is 0 Å². The number of benzene rings is 1. The highest BCUT2D eigenvalue weighted by Gasteiger charge is 2.23. The van der Waals surface area contributed by atoms with E-state index in [1.807, 2.05) is 44.1 Å². The third-order valence-corrected chi connectivity index (χ3v) is 5.16. The Morgan fingerprint density at radius 3 is 2.41 bits per heavy atom. The Kier molecular flexibility index (Phi) is 7.69. The summed E-state index contributed by atoms with van der Waals surface area (Å²) in [4.78, 5) is 28.9. The highest BCUT2D eigenvalue weighted by atomic mass is 16.2. The molecule has 1 fully saturated rings. The van der Waals surface area contributed by atoms with Crippen LogP contribution in [0.2, 0.25) is 0 Å². The van der Waals surface area contributed by atoms with Crippen molar-refractivity contribution in [3.63, 3.8) is 0 Å². The quantitative estimate of drug-likeness (QED) is 0.740. The molecule has 1 aliphatic rings. The van der Waals surface area contributed by atoms with Crippen LogP contribution < -0.4 is 10.2 Å². The molecule has 0 radical (unpaired) electrons. The van der Waals surface area contributed by atoms with Gasteiger partial charge in [0.15, 0.2) is 0 Å². The molecule has 5 heteroatoms. The summed E-state index contributed by atoms with van der Waals surface area (Å²) in [6.07, 6.45) is 4.77. The van der Waals surface area contributed by atoms with Gasteiger partial charge in [0, 0.05) is 50.9 Å². The summed E-state index contributed by atoms with van der Waals surface area (Å²) in [7, 11) is 4.01. The summed E-state index contributed by atoms with van der Waals surface area (Å²) in [6, 6.07) is 6.02. The van der Waals surface area contributed by atoms with E-state index >= 15 is 0 Å². The maximum absolute atomic E-state index is 12.5. The third kappa shape index (κ3) is 5.98. The van der Waals surface area contributed by atoms with Crippen molar-refractivity contribution in [2.45, 2.75) is 59.4 Å².